The molecule has 0 atom stereocenters. The summed E-state index contributed by atoms with van der Waals surface area (Å²) >= 11 is 0. The van der Waals surface area contributed by atoms with Gasteiger partial charge in [-0.25, -0.2) is 12.8 Å². The normalized spacial score (nSPS) is 11.7. The van der Waals surface area contributed by atoms with Gasteiger partial charge in [-0.2, -0.15) is 0 Å². The molecular formula is C9H10ClFO2S. The number of benzene rings is 1. The Balaban J connectivity index is 3.17. The van der Waals surface area contributed by atoms with Gasteiger partial charge in [-0.3, -0.25) is 0 Å². The molecule has 0 fully saturated rings. The Labute approximate surface area is 87.1 Å². The van der Waals surface area contributed by atoms with Crippen LogP contribution in [-0.2, 0) is 14.8 Å². The number of aryl methyl sites for hydroxylation is 2. The molecule has 0 N–H and O–H groups in total. The van der Waals surface area contributed by atoms with Crippen LogP contribution in [0.25, 0.3) is 0 Å². The fourth-order valence-corrected chi connectivity index (χ4v) is 2.24. The predicted molar refractivity (Wildman–Crippen MR) is 54.4 cm³/mol. The Hall–Kier alpha value is -0.610. The van der Waals surface area contributed by atoms with Gasteiger partial charge >= 0.3 is 0 Å². The van der Waals surface area contributed by atoms with Crippen LogP contribution in [0.5, 0.6) is 0 Å². The molecule has 0 radical (unpaired) electrons. The zero-order chi connectivity index (χ0) is 10.9. The van der Waals surface area contributed by atoms with Crippen molar-refractivity contribution in [2.45, 2.75) is 19.6 Å². The quantitative estimate of drug-likeness (QED) is 0.740. The average molecular weight is 237 g/mol. The minimum atomic E-state index is -3.62. The second-order valence-corrected chi connectivity index (χ2v) is 5.99. The molecule has 1 aromatic carbocycles. The second-order valence-electron chi connectivity index (χ2n) is 3.21. The number of rotatable bonds is 2. The predicted octanol–water partition coefficient (Wildman–Crippen LogP) is 2.51. The molecule has 0 aliphatic heterocycles. The van der Waals surface area contributed by atoms with Gasteiger partial charge in [0.05, 0.1) is 5.75 Å². The van der Waals surface area contributed by atoms with Gasteiger partial charge in [0, 0.05) is 10.7 Å². The van der Waals surface area contributed by atoms with Gasteiger partial charge in [-0.1, -0.05) is 6.07 Å². The standard InChI is InChI=1S/C9H10ClFO2S/c1-6-3-7(2)9(11)4-8(6)5-14(10,12)13/h3-4H,5H2,1-2H3. The van der Waals surface area contributed by atoms with E-state index in [1.807, 2.05) is 0 Å². The third-order valence-corrected chi connectivity index (χ3v) is 2.93. The topological polar surface area (TPSA) is 34.1 Å². The van der Waals surface area contributed by atoms with E-state index in [0.717, 1.165) is 5.56 Å². The summed E-state index contributed by atoms with van der Waals surface area (Å²) in [6, 6.07) is 2.82. The fraction of sp³-hybridized carbons (Fsp3) is 0.333. The number of halogens is 2. The van der Waals surface area contributed by atoms with Crippen LogP contribution in [0.1, 0.15) is 16.7 Å². The first-order valence-corrected chi connectivity index (χ1v) is 6.45. The van der Waals surface area contributed by atoms with Gasteiger partial charge in [0.1, 0.15) is 5.82 Å². The van der Waals surface area contributed by atoms with Crippen LogP contribution in [0.2, 0.25) is 0 Å². The van der Waals surface area contributed by atoms with Crippen molar-refractivity contribution >= 4 is 19.7 Å². The molecule has 2 nitrogen and oxygen atoms in total. The Kier molecular flexibility index (Phi) is 3.17. The summed E-state index contributed by atoms with van der Waals surface area (Å²) in [5.41, 5.74) is 1.63. The van der Waals surface area contributed by atoms with Crippen LogP contribution in [0.4, 0.5) is 4.39 Å². The minimum absolute atomic E-state index is 0.336. The lowest BCUT2D eigenvalue weighted by Gasteiger charge is -2.05. The van der Waals surface area contributed by atoms with E-state index in [1.165, 1.54) is 6.07 Å². The molecule has 0 aliphatic rings. The molecular weight excluding hydrogens is 227 g/mol. The van der Waals surface area contributed by atoms with Crippen molar-refractivity contribution in [2.24, 2.45) is 0 Å². The van der Waals surface area contributed by atoms with E-state index in [-0.39, 0.29) is 5.75 Å². The summed E-state index contributed by atoms with van der Waals surface area (Å²) in [6.07, 6.45) is 0. The van der Waals surface area contributed by atoms with Gasteiger partial charge in [-0.15, -0.1) is 0 Å². The van der Waals surface area contributed by atoms with E-state index in [1.54, 1.807) is 19.9 Å². The van der Waals surface area contributed by atoms with Crippen molar-refractivity contribution in [1.29, 1.82) is 0 Å². The molecule has 0 spiro atoms. The van der Waals surface area contributed by atoms with Gasteiger partial charge in [0.15, 0.2) is 0 Å². The first-order valence-electron chi connectivity index (χ1n) is 3.97. The molecule has 0 amide bonds. The van der Waals surface area contributed by atoms with Crippen molar-refractivity contribution in [1.82, 2.24) is 0 Å². The molecule has 1 aromatic rings. The first kappa shape index (κ1) is 11.5. The molecule has 0 saturated heterocycles. The molecule has 78 valence electrons. The zero-order valence-corrected chi connectivity index (χ0v) is 9.41. The van der Waals surface area contributed by atoms with Crippen LogP contribution in [-0.4, -0.2) is 8.42 Å². The van der Waals surface area contributed by atoms with Crippen molar-refractivity contribution < 1.29 is 12.8 Å². The summed E-state index contributed by atoms with van der Waals surface area (Å²) in [5, 5.41) is 0. The molecule has 0 bridgehead atoms. The molecule has 5 heteroatoms. The summed E-state index contributed by atoms with van der Waals surface area (Å²) in [7, 11) is 1.46. The highest BCUT2D eigenvalue weighted by atomic mass is 35.7. The highest BCUT2D eigenvalue weighted by Gasteiger charge is 2.11. The summed E-state index contributed by atoms with van der Waals surface area (Å²) in [6.45, 7) is 3.35. The van der Waals surface area contributed by atoms with Crippen LogP contribution >= 0.6 is 10.7 Å². The van der Waals surface area contributed by atoms with Crippen LogP contribution in [0, 0.1) is 19.7 Å². The Morgan fingerprint density at radius 2 is 1.86 bits per heavy atom. The maximum atomic E-state index is 13.1. The number of hydrogen-bond donors (Lipinski definition) is 0. The number of hydrogen-bond acceptors (Lipinski definition) is 2. The van der Waals surface area contributed by atoms with Gasteiger partial charge in [-0.05, 0) is 36.6 Å². The average Bonchev–Trinajstić information content (AvgIpc) is 1.97. The van der Waals surface area contributed by atoms with Gasteiger partial charge in [0.2, 0.25) is 9.05 Å². The molecule has 1 rings (SSSR count). The van der Waals surface area contributed by atoms with Gasteiger partial charge in [0.25, 0.3) is 0 Å². The molecule has 14 heavy (non-hydrogen) atoms. The SMILES string of the molecule is Cc1cc(C)c(CS(=O)(=O)Cl)cc1F. The van der Waals surface area contributed by atoms with Crippen molar-refractivity contribution in [3.05, 3.63) is 34.6 Å². The Morgan fingerprint density at radius 3 is 2.36 bits per heavy atom. The van der Waals surface area contributed by atoms with E-state index >= 15 is 0 Å². The van der Waals surface area contributed by atoms with E-state index in [4.69, 9.17) is 10.7 Å². The van der Waals surface area contributed by atoms with Crippen molar-refractivity contribution in [3.63, 3.8) is 0 Å². The zero-order valence-electron chi connectivity index (χ0n) is 7.84. The lowest BCUT2D eigenvalue weighted by atomic mass is 10.1. The summed E-state index contributed by atoms with van der Waals surface area (Å²) in [4.78, 5) is 0. The summed E-state index contributed by atoms with van der Waals surface area (Å²) in [5.74, 6) is -0.747. The lowest BCUT2D eigenvalue weighted by Crippen LogP contribution is -1.99. The van der Waals surface area contributed by atoms with E-state index < -0.39 is 14.9 Å². The second kappa shape index (κ2) is 3.87. The molecule has 0 saturated carbocycles. The molecule has 0 heterocycles. The summed E-state index contributed by atoms with van der Waals surface area (Å²) < 4.78 is 34.7. The Morgan fingerprint density at radius 1 is 1.29 bits per heavy atom. The maximum absolute atomic E-state index is 13.1. The maximum Gasteiger partial charge on any atom is 0.236 e. The molecule has 0 aliphatic carbocycles. The van der Waals surface area contributed by atoms with E-state index in [9.17, 15) is 12.8 Å². The Bertz CT molecular complexity index is 454. The molecule has 0 unspecified atom stereocenters. The largest absolute Gasteiger partial charge is 0.236 e. The third-order valence-electron chi connectivity index (χ3n) is 1.95. The highest BCUT2D eigenvalue weighted by Crippen LogP contribution is 2.18. The van der Waals surface area contributed by atoms with Crippen molar-refractivity contribution in [2.75, 3.05) is 0 Å². The minimum Gasteiger partial charge on any atom is -0.212 e. The van der Waals surface area contributed by atoms with Crippen LogP contribution in [0.15, 0.2) is 12.1 Å². The molecule has 0 aromatic heterocycles. The third kappa shape index (κ3) is 2.96. The highest BCUT2D eigenvalue weighted by molar-refractivity contribution is 8.13. The van der Waals surface area contributed by atoms with Crippen LogP contribution < -0.4 is 0 Å². The monoisotopic (exact) mass is 236 g/mol. The van der Waals surface area contributed by atoms with E-state index in [0.29, 0.717) is 11.1 Å². The lowest BCUT2D eigenvalue weighted by molar-refractivity contribution is 0.606. The smallest absolute Gasteiger partial charge is 0.212 e. The van der Waals surface area contributed by atoms with Crippen LogP contribution in [0.3, 0.4) is 0 Å². The van der Waals surface area contributed by atoms with E-state index in [2.05, 4.69) is 0 Å². The fourth-order valence-electron chi connectivity index (χ4n) is 1.21. The van der Waals surface area contributed by atoms with Crippen molar-refractivity contribution in [3.8, 4) is 0 Å². The first-order chi connectivity index (χ1) is 6.29. The van der Waals surface area contributed by atoms with Gasteiger partial charge < -0.3 is 0 Å².